The van der Waals surface area contributed by atoms with Crippen LogP contribution >= 0.6 is 0 Å². The van der Waals surface area contributed by atoms with Gasteiger partial charge in [0.1, 0.15) is 0 Å². The summed E-state index contributed by atoms with van der Waals surface area (Å²) < 4.78 is 0. The van der Waals surface area contributed by atoms with Crippen LogP contribution in [0.4, 0.5) is 0 Å². The van der Waals surface area contributed by atoms with Gasteiger partial charge >= 0.3 is 0 Å². The fraction of sp³-hybridized carbons (Fsp3) is 0.538. The number of aliphatic hydroxyl groups excluding tert-OH is 1. The third-order valence-electron chi connectivity index (χ3n) is 2.66. The van der Waals surface area contributed by atoms with Crippen molar-refractivity contribution in [1.82, 2.24) is 5.32 Å². The zero-order valence-electron chi connectivity index (χ0n) is 9.77. The van der Waals surface area contributed by atoms with Crippen LogP contribution in [0, 0.1) is 0 Å². The highest BCUT2D eigenvalue weighted by atomic mass is 16.3. The Hall–Kier alpha value is -0.860. The van der Waals surface area contributed by atoms with E-state index in [2.05, 4.69) is 36.5 Å². The minimum absolute atomic E-state index is 0.142. The number of aliphatic hydroxyl groups is 1. The predicted molar refractivity (Wildman–Crippen MR) is 63.9 cm³/mol. The van der Waals surface area contributed by atoms with Gasteiger partial charge in [-0.3, -0.25) is 0 Å². The zero-order chi connectivity index (χ0) is 11.3. The Morgan fingerprint density at radius 2 is 1.73 bits per heavy atom. The third-order valence-corrected chi connectivity index (χ3v) is 2.66. The van der Waals surface area contributed by atoms with E-state index in [1.54, 1.807) is 0 Å². The SMILES string of the molecule is CC(Cc1ccccc1)NC(C)C(C)O. The van der Waals surface area contributed by atoms with Gasteiger partial charge in [0.2, 0.25) is 0 Å². The maximum absolute atomic E-state index is 9.37. The quantitative estimate of drug-likeness (QED) is 0.773. The zero-order valence-corrected chi connectivity index (χ0v) is 9.77. The molecule has 0 aliphatic heterocycles. The first kappa shape index (κ1) is 12.2. The number of hydrogen-bond acceptors (Lipinski definition) is 2. The van der Waals surface area contributed by atoms with Gasteiger partial charge in [0.05, 0.1) is 6.10 Å². The van der Waals surface area contributed by atoms with Gasteiger partial charge < -0.3 is 10.4 Å². The van der Waals surface area contributed by atoms with Gasteiger partial charge in [-0.25, -0.2) is 0 Å². The molecule has 0 bridgehead atoms. The third kappa shape index (κ3) is 4.45. The highest BCUT2D eigenvalue weighted by Gasteiger charge is 2.11. The van der Waals surface area contributed by atoms with Crippen molar-refractivity contribution in [3.8, 4) is 0 Å². The molecule has 0 aliphatic rings. The van der Waals surface area contributed by atoms with Crippen LogP contribution in [0.25, 0.3) is 0 Å². The second-order valence-electron chi connectivity index (χ2n) is 4.29. The molecule has 3 atom stereocenters. The van der Waals surface area contributed by atoms with Crippen LogP contribution in [0.1, 0.15) is 26.3 Å². The lowest BCUT2D eigenvalue weighted by Gasteiger charge is -2.22. The molecule has 84 valence electrons. The first-order valence-corrected chi connectivity index (χ1v) is 5.57. The van der Waals surface area contributed by atoms with E-state index in [0.29, 0.717) is 6.04 Å². The van der Waals surface area contributed by atoms with E-state index in [9.17, 15) is 5.11 Å². The number of rotatable bonds is 5. The Kier molecular flexibility index (Phi) is 4.79. The van der Waals surface area contributed by atoms with E-state index in [4.69, 9.17) is 0 Å². The largest absolute Gasteiger partial charge is 0.392 e. The predicted octanol–water partition coefficient (Wildman–Crippen LogP) is 1.98. The number of benzene rings is 1. The van der Waals surface area contributed by atoms with E-state index in [0.717, 1.165) is 6.42 Å². The summed E-state index contributed by atoms with van der Waals surface area (Å²) in [5, 5.41) is 12.8. The Morgan fingerprint density at radius 1 is 1.13 bits per heavy atom. The fourth-order valence-electron chi connectivity index (χ4n) is 1.61. The Bertz CT molecular complexity index is 271. The molecule has 1 aromatic rings. The van der Waals surface area contributed by atoms with Crippen molar-refractivity contribution in [2.24, 2.45) is 0 Å². The first-order valence-electron chi connectivity index (χ1n) is 5.57. The average molecular weight is 207 g/mol. The van der Waals surface area contributed by atoms with Crippen molar-refractivity contribution < 1.29 is 5.11 Å². The molecular weight excluding hydrogens is 186 g/mol. The van der Waals surface area contributed by atoms with Crippen LogP contribution in [-0.2, 0) is 6.42 Å². The molecule has 0 heterocycles. The molecule has 0 aliphatic carbocycles. The molecule has 1 rings (SSSR count). The highest BCUT2D eigenvalue weighted by Crippen LogP contribution is 2.04. The molecule has 0 aromatic heterocycles. The molecule has 0 radical (unpaired) electrons. The van der Waals surface area contributed by atoms with Crippen molar-refractivity contribution in [2.45, 2.75) is 45.4 Å². The van der Waals surface area contributed by atoms with Crippen molar-refractivity contribution in [3.63, 3.8) is 0 Å². The summed E-state index contributed by atoms with van der Waals surface area (Å²) in [7, 11) is 0. The standard InChI is InChI=1S/C13H21NO/c1-10(14-11(2)12(3)15)9-13-7-5-4-6-8-13/h4-8,10-12,14-15H,9H2,1-3H3. The molecule has 0 amide bonds. The summed E-state index contributed by atoms with van der Waals surface area (Å²) in [6, 6.07) is 10.9. The van der Waals surface area contributed by atoms with Crippen molar-refractivity contribution in [1.29, 1.82) is 0 Å². The van der Waals surface area contributed by atoms with Crippen LogP contribution < -0.4 is 5.32 Å². The molecular formula is C13H21NO. The molecule has 0 saturated carbocycles. The van der Waals surface area contributed by atoms with Crippen LogP contribution in [0.15, 0.2) is 30.3 Å². The first-order chi connectivity index (χ1) is 7.09. The minimum Gasteiger partial charge on any atom is -0.392 e. The summed E-state index contributed by atoms with van der Waals surface area (Å²) in [6.07, 6.45) is 0.695. The van der Waals surface area contributed by atoms with Gasteiger partial charge in [-0.1, -0.05) is 30.3 Å². The second kappa shape index (κ2) is 5.89. The van der Waals surface area contributed by atoms with Crippen molar-refractivity contribution >= 4 is 0 Å². The normalized spacial score (nSPS) is 17.1. The number of hydrogen-bond donors (Lipinski definition) is 2. The highest BCUT2D eigenvalue weighted by molar-refractivity contribution is 5.15. The summed E-state index contributed by atoms with van der Waals surface area (Å²) in [6.45, 7) is 5.96. The fourth-order valence-corrected chi connectivity index (χ4v) is 1.61. The molecule has 3 unspecified atom stereocenters. The number of nitrogens with one attached hydrogen (secondary N) is 1. The Morgan fingerprint density at radius 3 is 2.27 bits per heavy atom. The molecule has 0 spiro atoms. The van der Waals surface area contributed by atoms with E-state index < -0.39 is 0 Å². The maximum Gasteiger partial charge on any atom is 0.0662 e. The Balaban J connectivity index is 2.39. The van der Waals surface area contributed by atoms with Crippen LogP contribution in [-0.4, -0.2) is 23.3 Å². The second-order valence-corrected chi connectivity index (χ2v) is 4.29. The van der Waals surface area contributed by atoms with E-state index in [1.165, 1.54) is 5.56 Å². The topological polar surface area (TPSA) is 32.3 Å². The van der Waals surface area contributed by atoms with Crippen molar-refractivity contribution in [3.05, 3.63) is 35.9 Å². The van der Waals surface area contributed by atoms with Gasteiger partial charge in [0.15, 0.2) is 0 Å². The lowest BCUT2D eigenvalue weighted by atomic mass is 10.1. The van der Waals surface area contributed by atoms with E-state index >= 15 is 0 Å². The molecule has 0 fully saturated rings. The lowest BCUT2D eigenvalue weighted by molar-refractivity contribution is 0.147. The minimum atomic E-state index is -0.303. The lowest BCUT2D eigenvalue weighted by Crippen LogP contribution is -2.42. The molecule has 0 saturated heterocycles. The molecule has 2 heteroatoms. The van der Waals surface area contributed by atoms with Gasteiger partial charge in [-0.2, -0.15) is 0 Å². The average Bonchev–Trinajstić information content (AvgIpc) is 2.18. The van der Waals surface area contributed by atoms with Gasteiger partial charge in [0, 0.05) is 12.1 Å². The van der Waals surface area contributed by atoms with E-state index in [-0.39, 0.29) is 12.1 Å². The van der Waals surface area contributed by atoms with Gasteiger partial charge in [-0.15, -0.1) is 0 Å². The summed E-state index contributed by atoms with van der Waals surface area (Å²) in [5.74, 6) is 0. The van der Waals surface area contributed by atoms with Crippen LogP contribution in [0.5, 0.6) is 0 Å². The molecule has 1 aromatic carbocycles. The summed E-state index contributed by atoms with van der Waals surface area (Å²) in [5.41, 5.74) is 1.33. The smallest absolute Gasteiger partial charge is 0.0662 e. The molecule has 15 heavy (non-hydrogen) atoms. The maximum atomic E-state index is 9.37. The van der Waals surface area contributed by atoms with Crippen LogP contribution in [0.3, 0.4) is 0 Å². The van der Waals surface area contributed by atoms with E-state index in [1.807, 2.05) is 19.9 Å². The Labute approximate surface area is 92.3 Å². The summed E-state index contributed by atoms with van der Waals surface area (Å²) >= 11 is 0. The van der Waals surface area contributed by atoms with Gasteiger partial charge in [-0.05, 0) is 32.8 Å². The van der Waals surface area contributed by atoms with Crippen molar-refractivity contribution in [2.75, 3.05) is 0 Å². The monoisotopic (exact) mass is 207 g/mol. The van der Waals surface area contributed by atoms with Gasteiger partial charge in [0.25, 0.3) is 0 Å². The van der Waals surface area contributed by atoms with Crippen LogP contribution in [0.2, 0.25) is 0 Å². The molecule has 2 nitrogen and oxygen atoms in total. The molecule has 2 N–H and O–H groups in total. The summed E-state index contributed by atoms with van der Waals surface area (Å²) in [4.78, 5) is 0.